The summed E-state index contributed by atoms with van der Waals surface area (Å²) in [6.45, 7) is -0.0952. The molecule has 0 saturated heterocycles. The van der Waals surface area contributed by atoms with Crippen molar-refractivity contribution in [2.75, 3.05) is 13.2 Å². The van der Waals surface area contributed by atoms with Crippen molar-refractivity contribution in [1.82, 2.24) is 4.90 Å². The SMILES string of the molecule is O=C(OCCN1C(=O)c2ccccc2C1=O)[C@H]1CC(c2ccccc2)=NO1. The maximum Gasteiger partial charge on any atom is 0.350 e. The number of carbonyl (C=O) groups excluding carboxylic acids is 3. The highest BCUT2D eigenvalue weighted by atomic mass is 16.7. The highest BCUT2D eigenvalue weighted by Crippen LogP contribution is 2.22. The Labute approximate surface area is 155 Å². The van der Waals surface area contributed by atoms with Gasteiger partial charge in [-0.25, -0.2) is 4.79 Å². The van der Waals surface area contributed by atoms with Crippen LogP contribution in [-0.2, 0) is 14.4 Å². The minimum Gasteiger partial charge on any atom is -0.461 e. The molecule has 27 heavy (non-hydrogen) atoms. The van der Waals surface area contributed by atoms with Crippen LogP contribution in [0.25, 0.3) is 0 Å². The predicted molar refractivity (Wildman–Crippen MR) is 95.2 cm³/mol. The fourth-order valence-electron chi connectivity index (χ4n) is 3.08. The van der Waals surface area contributed by atoms with Crippen molar-refractivity contribution >= 4 is 23.5 Å². The predicted octanol–water partition coefficient (Wildman–Crippen LogP) is 2.02. The van der Waals surface area contributed by atoms with Crippen molar-refractivity contribution in [3.63, 3.8) is 0 Å². The van der Waals surface area contributed by atoms with E-state index in [4.69, 9.17) is 9.57 Å². The number of nitrogens with zero attached hydrogens (tertiary/aromatic N) is 2. The molecule has 7 heteroatoms. The third kappa shape index (κ3) is 3.19. The van der Waals surface area contributed by atoms with E-state index in [-0.39, 0.29) is 25.0 Å². The van der Waals surface area contributed by atoms with Crippen LogP contribution in [-0.4, -0.2) is 47.7 Å². The van der Waals surface area contributed by atoms with E-state index < -0.39 is 12.1 Å². The monoisotopic (exact) mass is 364 g/mol. The molecule has 0 N–H and O–H groups in total. The molecule has 2 aromatic carbocycles. The summed E-state index contributed by atoms with van der Waals surface area (Å²) in [5, 5.41) is 3.94. The Morgan fingerprint density at radius 3 is 2.33 bits per heavy atom. The summed E-state index contributed by atoms with van der Waals surface area (Å²) in [4.78, 5) is 42.9. The van der Waals surface area contributed by atoms with Crippen molar-refractivity contribution < 1.29 is 24.0 Å². The average molecular weight is 364 g/mol. The number of amides is 2. The van der Waals surface area contributed by atoms with E-state index in [1.807, 2.05) is 30.3 Å². The summed E-state index contributed by atoms with van der Waals surface area (Å²) in [6, 6.07) is 16.1. The highest BCUT2D eigenvalue weighted by molar-refractivity contribution is 6.21. The van der Waals surface area contributed by atoms with Crippen LogP contribution in [0.4, 0.5) is 0 Å². The molecule has 2 heterocycles. The van der Waals surface area contributed by atoms with E-state index in [0.717, 1.165) is 10.5 Å². The van der Waals surface area contributed by atoms with Gasteiger partial charge in [0.05, 0.1) is 23.4 Å². The Bertz CT molecular complexity index is 903. The van der Waals surface area contributed by atoms with Gasteiger partial charge in [-0.3, -0.25) is 14.5 Å². The second-order valence-electron chi connectivity index (χ2n) is 6.18. The number of rotatable bonds is 5. The van der Waals surface area contributed by atoms with Crippen LogP contribution < -0.4 is 0 Å². The van der Waals surface area contributed by atoms with Gasteiger partial charge in [-0.2, -0.15) is 0 Å². The lowest BCUT2D eigenvalue weighted by Gasteiger charge is -2.14. The molecule has 2 aliphatic heterocycles. The van der Waals surface area contributed by atoms with Crippen LogP contribution in [0.2, 0.25) is 0 Å². The van der Waals surface area contributed by atoms with Gasteiger partial charge in [0.1, 0.15) is 6.61 Å². The molecule has 0 unspecified atom stereocenters. The first-order chi connectivity index (χ1) is 13.1. The lowest BCUT2D eigenvalue weighted by Crippen LogP contribution is -2.34. The van der Waals surface area contributed by atoms with Gasteiger partial charge in [-0.05, 0) is 17.7 Å². The molecule has 2 aromatic rings. The number of fused-ring (bicyclic) bond motifs is 1. The zero-order chi connectivity index (χ0) is 18.8. The largest absolute Gasteiger partial charge is 0.461 e. The van der Waals surface area contributed by atoms with Gasteiger partial charge in [0.2, 0.25) is 6.10 Å². The summed E-state index contributed by atoms with van der Waals surface area (Å²) < 4.78 is 5.18. The number of oxime groups is 1. The van der Waals surface area contributed by atoms with Crippen molar-refractivity contribution in [2.24, 2.45) is 5.16 Å². The molecule has 0 fully saturated rings. The second kappa shape index (κ2) is 7.03. The third-order valence-corrected chi connectivity index (χ3v) is 4.48. The standard InChI is InChI=1S/C20H16N2O5/c23-18-14-8-4-5-9-15(14)19(24)22(18)10-11-26-20(25)17-12-16(21-27-17)13-6-2-1-3-7-13/h1-9,17H,10-12H2/t17-/m1/s1. The van der Waals surface area contributed by atoms with Crippen molar-refractivity contribution in [2.45, 2.75) is 12.5 Å². The van der Waals surface area contributed by atoms with Gasteiger partial charge in [-0.15, -0.1) is 0 Å². The fraction of sp³-hybridized carbons (Fsp3) is 0.200. The molecule has 7 nitrogen and oxygen atoms in total. The molecule has 0 saturated carbocycles. The van der Waals surface area contributed by atoms with E-state index in [1.165, 1.54) is 0 Å². The van der Waals surface area contributed by atoms with Gasteiger partial charge in [0.15, 0.2) is 0 Å². The lowest BCUT2D eigenvalue weighted by molar-refractivity contribution is -0.155. The minimum absolute atomic E-state index is 0.00277. The maximum atomic E-state index is 12.3. The molecular formula is C20H16N2O5. The summed E-state index contributed by atoms with van der Waals surface area (Å²) in [5.74, 6) is -1.32. The van der Waals surface area contributed by atoms with E-state index in [9.17, 15) is 14.4 Å². The van der Waals surface area contributed by atoms with Crippen molar-refractivity contribution in [3.05, 3.63) is 71.3 Å². The number of carbonyl (C=O) groups is 3. The molecule has 2 amide bonds. The smallest absolute Gasteiger partial charge is 0.350 e. The molecule has 0 bridgehead atoms. The molecular weight excluding hydrogens is 348 g/mol. The quantitative estimate of drug-likeness (QED) is 0.599. The van der Waals surface area contributed by atoms with Crippen LogP contribution in [0.1, 0.15) is 32.7 Å². The summed E-state index contributed by atoms with van der Waals surface area (Å²) in [5.41, 5.74) is 2.31. The van der Waals surface area contributed by atoms with E-state index >= 15 is 0 Å². The molecule has 1 atom stereocenters. The van der Waals surface area contributed by atoms with Crippen LogP contribution in [0.5, 0.6) is 0 Å². The van der Waals surface area contributed by atoms with Gasteiger partial charge < -0.3 is 9.57 Å². The first kappa shape index (κ1) is 17.0. The minimum atomic E-state index is -0.817. The Morgan fingerprint density at radius 2 is 1.67 bits per heavy atom. The maximum absolute atomic E-state index is 12.3. The summed E-state index contributed by atoms with van der Waals surface area (Å²) >= 11 is 0. The van der Waals surface area contributed by atoms with Gasteiger partial charge in [0, 0.05) is 6.42 Å². The van der Waals surface area contributed by atoms with E-state index in [0.29, 0.717) is 23.3 Å². The Kier molecular flexibility index (Phi) is 4.42. The number of hydrogen-bond donors (Lipinski definition) is 0. The van der Waals surface area contributed by atoms with Crippen LogP contribution in [0, 0.1) is 0 Å². The summed E-state index contributed by atoms with van der Waals surface area (Å²) in [6.07, 6.45) is -0.502. The molecule has 0 aliphatic carbocycles. The average Bonchev–Trinajstić information content (AvgIpc) is 3.29. The summed E-state index contributed by atoms with van der Waals surface area (Å²) in [7, 11) is 0. The zero-order valence-corrected chi connectivity index (χ0v) is 14.3. The van der Waals surface area contributed by atoms with E-state index in [2.05, 4.69) is 5.16 Å². The molecule has 0 aromatic heterocycles. The normalized spacial score (nSPS) is 18.1. The topological polar surface area (TPSA) is 85.3 Å². The molecule has 136 valence electrons. The Balaban J connectivity index is 1.29. The lowest BCUT2D eigenvalue weighted by atomic mass is 10.1. The van der Waals surface area contributed by atoms with E-state index in [1.54, 1.807) is 24.3 Å². The fourth-order valence-corrected chi connectivity index (χ4v) is 3.08. The molecule has 0 spiro atoms. The van der Waals surface area contributed by atoms with Gasteiger partial charge >= 0.3 is 5.97 Å². The van der Waals surface area contributed by atoms with Crippen LogP contribution in [0.15, 0.2) is 59.8 Å². The number of ether oxygens (including phenoxy) is 1. The van der Waals surface area contributed by atoms with Crippen molar-refractivity contribution in [1.29, 1.82) is 0 Å². The number of benzene rings is 2. The van der Waals surface area contributed by atoms with Crippen LogP contribution in [0.3, 0.4) is 0 Å². The first-order valence-corrected chi connectivity index (χ1v) is 8.55. The number of imide groups is 1. The molecule has 0 radical (unpaired) electrons. The Morgan fingerprint density at radius 1 is 1.04 bits per heavy atom. The molecule has 4 rings (SSSR count). The Hall–Kier alpha value is -3.48. The first-order valence-electron chi connectivity index (χ1n) is 8.55. The number of esters is 1. The van der Waals surface area contributed by atoms with Crippen molar-refractivity contribution in [3.8, 4) is 0 Å². The van der Waals surface area contributed by atoms with Crippen LogP contribution >= 0.6 is 0 Å². The van der Waals surface area contributed by atoms with Gasteiger partial charge in [0.25, 0.3) is 11.8 Å². The zero-order valence-electron chi connectivity index (χ0n) is 14.3. The number of hydrogen-bond acceptors (Lipinski definition) is 6. The molecule has 2 aliphatic rings. The highest BCUT2D eigenvalue weighted by Gasteiger charge is 2.35. The van der Waals surface area contributed by atoms with Gasteiger partial charge in [-0.1, -0.05) is 47.6 Å². The third-order valence-electron chi connectivity index (χ3n) is 4.48. The second-order valence-corrected chi connectivity index (χ2v) is 6.18.